The maximum absolute atomic E-state index is 11.5. The van der Waals surface area contributed by atoms with E-state index in [4.69, 9.17) is 4.74 Å². The summed E-state index contributed by atoms with van der Waals surface area (Å²) >= 11 is 0. The summed E-state index contributed by atoms with van der Waals surface area (Å²) in [5.41, 5.74) is -0.344. The summed E-state index contributed by atoms with van der Waals surface area (Å²) in [5, 5.41) is 0. The van der Waals surface area contributed by atoms with Gasteiger partial charge in [-0.3, -0.25) is 4.79 Å². The van der Waals surface area contributed by atoms with E-state index in [0.29, 0.717) is 6.61 Å². The van der Waals surface area contributed by atoms with E-state index in [1.807, 2.05) is 13.8 Å². The van der Waals surface area contributed by atoms with Crippen molar-refractivity contribution in [2.24, 2.45) is 10.8 Å². The Kier molecular flexibility index (Phi) is 5.39. The molecule has 0 N–H and O–H groups in total. The molecule has 0 fully saturated rings. The van der Waals surface area contributed by atoms with Gasteiger partial charge in [-0.25, -0.2) is 0 Å². The van der Waals surface area contributed by atoms with Crippen LogP contribution in [0.4, 0.5) is 0 Å². The standard InChI is InChI=1S/C15H30O2/c1-9-13(4,5)15(8,10-2)11-17-14(6,7)12(3)16/h9-11H2,1-8H3. The third-order valence-electron chi connectivity index (χ3n) is 4.90. The number of ether oxygens (including phenoxy) is 1. The second-order valence-electron chi connectivity index (χ2n) is 6.51. The average molecular weight is 242 g/mol. The average Bonchev–Trinajstić information content (AvgIpc) is 2.25. The summed E-state index contributed by atoms with van der Waals surface area (Å²) in [5.74, 6) is 0.0882. The van der Waals surface area contributed by atoms with Gasteiger partial charge >= 0.3 is 0 Å². The topological polar surface area (TPSA) is 26.3 Å². The Balaban J connectivity index is 4.79. The Bertz CT molecular complexity index is 266. The highest BCUT2D eigenvalue weighted by Crippen LogP contribution is 2.44. The Hall–Kier alpha value is -0.370. The van der Waals surface area contributed by atoms with Crippen molar-refractivity contribution in [2.75, 3.05) is 6.61 Å². The summed E-state index contributed by atoms with van der Waals surface area (Å²) in [7, 11) is 0. The lowest BCUT2D eigenvalue weighted by Gasteiger charge is -2.44. The van der Waals surface area contributed by atoms with E-state index in [2.05, 4.69) is 34.6 Å². The summed E-state index contributed by atoms with van der Waals surface area (Å²) < 4.78 is 5.89. The van der Waals surface area contributed by atoms with Crippen molar-refractivity contribution >= 4 is 5.78 Å². The first-order chi connectivity index (χ1) is 7.52. The minimum Gasteiger partial charge on any atom is -0.367 e. The molecule has 0 radical (unpaired) electrons. The first-order valence-corrected chi connectivity index (χ1v) is 6.67. The molecule has 17 heavy (non-hydrogen) atoms. The molecule has 0 aliphatic heterocycles. The summed E-state index contributed by atoms with van der Waals surface area (Å²) in [6.07, 6.45) is 2.17. The van der Waals surface area contributed by atoms with Gasteiger partial charge in [-0.05, 0) is 38.0 Å². The van der Waals surface area contributed by atoms with E-state index in [9.17, 15) is 4.79 Å². The van der Waals surface area contributed by atoms with Crippen molar-refractivity contribution < 1.29 is 9.53 Å². The predicted octanol–water partition coefficient (Wildman–Crippen LogP) is 4.22. The first kappa shape index (κ1) is 16.6. The van der Waals surface area contributed by atoms with Gasteiger partial charge in [-0.2, -0.15) is 0 Å². The van der Waals surface area contributed by atoms with Crippen molar-refractivity contribution in [3.05, 3.63) is 0 Å². The fraction of sp³-hybridized carbons (Fsp3) is 0.933. The van der Waals surface area contributed by atoms with Gasteiger partial charge in [0.15, 0.2) is 5.78 Å². The van der Waals surface area contributed by atoms with Gasteiger partial charge in [0.25, 0.3) is 0 Å². The van der Waals surface area contributed by atoms with Crippen molar-refractivity contribution in [1.29, 1.82) is 0 Å². The van der Waals surface area contributed by atoms with Crippen LogP contribution in [0.3, 0.4) is 0 Å². The number of carbonyl (C=O) groups is 1. The van der Waals surface area contributed by atoms with Crippen molar-refractivity contribution in [1.82, 2.24) is 0 Å². The molecule has 0 aliphatic rings. The van der Waals surface area contributed by atoms with Crippen LogP contribution in [0.25, 0.3) is 0 Å². The molecule has 0 amide bonds. The van der Waals surface area contributed by atoms with E-state index in [-0.39, 0.29) is 16.6 Å². The first-order valence-electron chi connectivity index (χ1n) is 6.67. The smallest absolute Gasteiger partial charge is 0.160 e. The molecule has 0 aromatic rings. The molecule has 0 saturated carbocycles. The molecular formula is C15H30O2. The largest absolute Gasteiger partial charge is 0.367 e. The Morgan fingerprint density at radius 1 is 1.00 bits per heavy atom. The van der Waals surface area contributed by atoms with Crippen LogP contribution < -0.4 is 0 Å². The van der Waals surface area contributed by atoms with Gasteiger partial charge < -0.3 is 4.74 Å². The van der Waals surface area contributed by atoms with Crippen molar-refractivity contribution in [3.8, 4) is 0 Å². The van der Waals surface area contributed by atoms with Crippen LogP contribution in [0.2, 0.25) is 0 Å². The van der Waals surface area contributed by atoms with Crippen LogP contribution in [0.15, 0.2) is 0 Å². The van der Waals surface area contributed by atoms with E-state index in [1.54, 1.807) is 6.92 Å². The van der Waals surface area contributed by atoms with E-state index >= 15 is 0 Å². The zero-order chi connectivity index (χ0) is 13.9. The van der Waals surface area contributed by atoms with Crippen LogP contribution in [-0.2, 0) is 9.53 Å². The maximum Gasteiger partial charge on any atom is 0.160 e. The third-order valence-corrected chi connectivity index (χ3v) is 4.90. The quantitative estimate of drug-likeness (QED) is 0.668. The normalized spacial score (nSPS) is 16.7. The molecule has 0 rings (SSSR count). The molecule has 2 heteroatoms. The second-order valence-corrected chi connectivity index (χ2v) is 6.51. The minimum absolute atomic E-state index is 0.0882. The molecule has 0 bridgehead atoms. The van der Waals surface area contributed by atoms with Crippen molar-refractivity contribution in [2.45, 2.75) is 73.8 Å². The monoisotopic (exact) mass is 242 g/mol. The van der Waals surface area contributed by atoms with Gasteiger partial charge in [0.1, 0.15) is 5.60 Å². The number of hydrogen-bond donors (Lipinski definition) is 0. The molecule has 0 saturated heterocycles. The molecule has 102 valence electrons. The predicted molar refractivity (Wildman–Crippen MR) is 73.2 cm³/mol. The van der Waals surface area contributed by atoms with Crippen LogP contribution in [0, 0.1) is 10.8 Å². The molecule has 1 atom stereocenters. The minimum atomic E-state index is -0.666. The van der Waals surface area contributed by atoms with Crippen LogP contribution in [0.1, 0.15) is 68.2 Å². The van der Waals surface area contributed by atoms with E-state index in [1.165, 1.54) is 0 Å². The van der Waals surface area contributed by atoms with Crippen LogP contribution >= 0.6 is 0 Å². The Morgan fingerprint density at radius 2 is 1.47 bits per heavy atom. The van der Waals surface area contributed by atoms with Crippen molar-refractivity contribution in [3.63, 3.8) is 0 Å². The van der Waals surface area contributed by atoms with Crippen LogP contribution in [0.5, 0.6) is 0 Å². The Labute approximate surface area is 107 Å². The van der Waals surface area contributed by atoms with E-state index in [0.717, 1.165) is 12.8 Å². The van der Waals surface area contributed by atoms with Gasteiger partial charge in [0.05, 0.1) is 6.61 Å². The summed E-state index contributed by atoms with van der Waals surface area (Å²) in [6, 6.07) is 0. The lowest BCUT2D eigenvalue weighted by molar-refractivity contribution is -0.147. The molecule has 0 heterocycles. The van der Waals surface area contributed by atoms with Gasteiger partial charge in [0, 0.05) is 0 Å². The number of Topliss-reactive ketones (excluding diaryl/α,β-unsaturated/α-hetero) is 1. The number of hydrogen-bond acceptors (Lipinski definition) is 2. The van der Waals surface area contributed by atoms with E-state index < -0.39 is 5.60 Å². The number of ketones is 1. The van der Waals surface area contributed by atoms with Gasteiger partial charge in [-0.1, -0.05) is 41.0 Å². The molecule has 0 spiro atoms. The highest BCUT2D eigenvalue weighted by molar-refractivity contribution is 5.83. The highest BCUT2D eigenvalue weighted by Gasteiger charge is 2.40. The Morgan fingerprint density at radius 3 is 1.76 bits per heavy atom. The molecule has 0 aliphatic carbocycles. The fourth-order valence-corrected chi connectivity index (χ4v) is 1.64. The molecule has 0 aromatic heterocycles. The highest BCUT2D eigenvalue weighted by atomic mass is 16.5. The molecule has 2 nitrogen and oxygen atoms in total. The zero-order valence-corrected chi connectivity index (χ0v) is 12.9. The SMILES string of the molecule is CCC(C)(C)C(C)(CC)COC(C)(C)C(C)=O. The summed E-state index contributed by atoms with van der Waals surface area (Å²) in [4.78, 5) is 11.5. The fourth-order valence-electron chi connectivity index (χ4n) is 1.64. The lowest BCUT2D eigenvalue weighted by Crippen LogP contribution is -2.43. The number of rotatable bonds is 7. The van der Waals surface area contributed by atoms with Crippen LogP contribution in [-0.4, -0.2) is 18.0 Å². The van der Waals surface area contributed by atoms with Gasteiger partial charge in [0.2, 0.25) is 0 Å². The molecule has 1 unspecified atom stereocenters. The third kappa shape index (κ3) is 3.80. The second kappa shape index (κ2) is 5.51. The van der Waals surface area contributed by atoms with Gasteiger partial charge in [-0.15, -0.1) is 0 Å². The molecular weight excluding hydrogens is 212 g/mol. The number of carbonyl (C=O) groups excluding carboxylic acids is 1. The lowest BCUT2D eigenvalue weighted by atomic mass is 9.64. The maximum atomic E-state index is 11.5. The summed E-state index contributed by atoms with van der Waals surface area (Å²) in [6.45, 7) is 17.2. The zero-order valence-electron chi connectivity index (χ0n) is 12.9. The molecule has 0 aromatic carbocycles.